The summed E-state index contributed by atoms with van der Waals surface area (Å²) in [5.74, 6) is 1.47. The lowest BCUT2D eigenvalue weighted by molar-refractivity contribution is 0.241. The van der Waals surface area contributed by atoms with Crippen molar-refractivity contribution in [1.82, 2.24) is 10.1 Å². The molecule has 1 aromatic heterocycles. The molecule has 3 rings (SSSR count). The van der Waals surface area contributed by atoms with Crippen LogP contribution in [0.15, 0.2) is 52.6 Å². The number of nitriles is 1. The fraction of sp³-hybridized carbons (Fsp3) is 0.423. The molecule has 0 bridgehead atoms. The number of ether oxygens (including phenoxy) is 1. The van der Waals surface area contributed by atoms with Crippen LogP contribution in [0.4, 0.5) is 0 Å². The van der Waals surface area contributed by atoms with E-state index in [1.807, 2.05) is 66.7 Å². The van der Waals surface area contributed by atoms with Gasteiger partial charge in [0.05, 0.1) is 11.7 Å². The van der Waals surface area contributed by atoms with E-state index in [1.54, 1.807) is 12.1 Å². The highest BCUT2D eigenvalue weighted by Crippen LogP contribution is 2.36. The lowest BCUT2D eigenvalue weighted by Crippen LogP contribution is -2.06. The zero-order valence-electron chi connectivity index (χ0n) is 20.0. The Kier molecular flexibility index (Phi) is 11.1. The maximum absolute atomic E-state index is 9.42. The molecule has 0 atom stereocenters. The van der Waals surface area contributed by atoms with Crippen LogP contribution in [0.25, 0.3) is 17.0 Å². The van der Waals surface area contributed by atoms with E-state index >= 15 is 0 Å². The van der Waals surface area contributed by atoms with E-state index in [0.717, 1.165) is 30.4 Å². The molecule has 1 saturated carbocycles. The molecule has 5 heteroatoms. The molecule has 0 radical (unpaired) electrons. The maximum Gasteiger partial charge on any atom is 0.258 e. The van der Waals surface area contributed by atoms with Gasteiger partial charge in [-0.25, -0.2) is 0 Å². The molecule has 1 aliphatic rings. The van der Waals surface area contributed by atoms with Crippen LogP contribution < -0.4 is 4.74 Å². The minimum Gasteiger partial charge on any atom is -0.490 e. The SMILES string of the molecule is C=C1CCC/C1=C(/C=C\C)c1noc(-c2ccc(OC(C)C)c(C#N)c2)n1.CC.CC. The molecule has 1 aliphatic carbocycles. The van der Waals surface area contributed by atoms with Gasteiger partial charge in [-0.1, -0.05) is 57.2 Å². The van der Waals surface area contributed by atoms with E-state index < -0.39 is 0 Å². The van der Waals surface area contributed by atoms with Gasteiger partial charge in [-0.15, -0.1) is 0 Å². The van der Waals surface area contributed by atoms with Crippen LogP contribution in [0.1, 0.15) is 79.1 Å². The Balaban J connectivity index is 0.00000113. The highest BCUT2D eigenvalue weighted by Gasteiger charge is 2.20. The smallest absolute Gasteiger partial charge is 0.258 e. The standard InChI is InChI=1S/C22H23N3O2.2C2H6/c1-5-7-19(18-9-6-8-15(18)4)21-24-22(27-25-21)16-10-11-20(26-14(2)3)17(12-16)13-23;2*1-2/h5,7,10-12,14H,4,6,8-9H2,1-3H3;2*1-2H3/b7-5-,19-18+;;. The van der Waals surface area contributed by atoms with Gasteiger partial charge in [0.25, 0.3) is 5.89 Å². The fourth-order valence-electron chi connectivity index (χ4n) is 3.17. The molecule has 166 valence electrons. The minimum atomic E-state index is -0.00696. The monoisotopic (exact) mass is 421 g/mol. The predicted molar refractivity (Wildman–Crippen MR) is 128 cm³/mol. The summed E-state index contributed by atoms with van der Waals surface area (Å²) in [5, 5.41) is 13.6. The summed E-state index contributed by atoms with van der Waals surface area (Å²) in [6.07, 6.45) is 7.04. The number of rotatable bonds is 5. The highest BCUT2D eigenvalue weighted by atomic mass is 16.5. The Labute approximate surface area is 187 Å². The Morgan fingerprint density at radius 1 is 1.23 bits per heavy atom. The Hall–Kier alpha value is -3.13. The Bertz CT molecular complexity index is 959. The van der Waals surface area contributed by atoms with Crippen molar-refractivity contribution in [3.05, 3.63) is 59.5 Å². The first kappa shape index (κ1) is 25.9. The lowest BCUT2D eigenvalue weighted by Gasteiger charge is -2.11. The molecule has 0 aliphatic heterocycles. The first-order valence-electron chi connectivity index (χ1n) is 11.1. The average Bonchev–Trinajstić information content (AvgIpc) is 3.44. The fourth-order valence-corrected chi connectivity index (χ4v) is 3.17. The molecule has 5 nitrogen and oxygen atoms in total. The molecule has 0 saturated heterocycles. The summed E-state index contributed by atoms with van der Waals surface area (Å²) in [4.78, 5) is 4.57. The molecular formula is C26H35N3O2. The van der Waals surface area contributed by atoms with Gasteiger partial charge in [-0.05, 0) is 63.8 Å². The number of aromatic nitrogens is 2. The van der Waals surface area contributed by atoms with Gasteiger partial charge in [0, 0.05) is 11.1 Å². The average molecular weight is 422 g/mol. The lowest BCUT2D eigenvalue weighted by atomic mass is 10.0. The second kappa shape index (κ2) is 13.2. The summed E-state index contributed by atoms with van der Waals surface area (Å²) in [7, 11) is 0. The van der Waals surface area contributed by atoms with Crippen molar-refractivity contribution in [3.63, 3.8) is 0 Å². The summed E-state index contributed by atoms with van der Waals surface area (Å²) < 4.78 is 11.2. The summed E-state index contributed by atoms with van der Waals surface area (Å²) >= 11 is 0. The van der Waals surface area contributed by atoms with Gasteiger partial charge >= 0.3 is 0 Å². The molecule has 1 aromatic carbocycles. The number of hydrogen-bond acceptors (Lipinski definition) is 5. The van der Waals surface area contributed by atoms with Crippen molar-refractivity contribution in [3.8, 4) is 23.3 Å². The topological polar surface area (TPSA) is 71.9 Å². The number of hydrogen-bond donors (Lipinski definition) is 0. The van der Waals surface area contributed by atoms with E-state index in [1.165, 1.54) is 5.57 Å². The van der Waals surface area contributed by atoms with Crippen molar-refractivity contribution in [2.75, 3.05) is 0 Å². The van der Waals surface area contributed by atoms with Gasteiger partial charge in [-0.2, -0.15) is 10.2 Å². The van der Waals surface area contributed by atoms with Crippen molar-refractivity contribution in [2.24, 2.45) is 0 Å². The first-order chi connectivity index (χ1) is 15.0. The Morgan fingerprint density at radius 2 is 1.94 bits per heavy atom. The van der Waals surface area contributed by atoms with E-state index in [0.29, 0.717) is 28.6 Å². The number of allylic oxidation sites excluding steroid dienone is 5. The number of benzene rings is 1. The van der Waals surface area contributed by atoms with Crippen LogP contribution in [0, 0.1) is 11.3 Å². The van der Waals surface area contributed by atoms with Crippen molar-refractivity contribution in [1.29, 1.82) is 5.26 Å². The van der Waals surface area contributed by atoms with Crippen LogP contribution in [0.3, 0.4) is 0 Å². The largest absolute Gasteiger partial charge is 0.490 e. The summed E-state index contributed by atoms with van der Waals surface area (Å²) in [5.41, 5.74) is 4.42. The van der Waals surface area contributed by atoms with Gasteiger partial charge in [-0.3, -0.25) is 0 Å². The third-order valence-corrected chi connectivity index (χ3v) is 4.37. The second-order valence-corrected chi connectivity index (χ2v) is 6.76. The normalized spacial score (nSPS) is 14.5. The molecule has 0 N–H and O–H groups in total. The van der Waals surface area contributed by atoms with E-state index in [-0.39, 0.29) is 6.10 Å². The van der Waals surface area contributed by atoms with Crippen LogP contribution in [0.2, 0.25) is 0 Å². The molecular weight excluding hydrogens is 386 g/mol. The quantitative estimate of drug-likeness (QED) is 0.499. The van der Waals surface area contributed by atoms with E-state index in [9.17, 15) is 5.26 Å². The van der Waals surface area contributed by atoms with Crippen molar-refractivity contribution < 1.29 is 9.26 Å². The second-order valence-electron chi connectivity index (χ2n) is 6.76. The van der Waals surface area contributed by atoms with Gasteiger partial charge < -0.3 is 9.26 Å². The molecule has 31 heavy (non-hydrogen) atoms. The van der Waals surface area contributed by atoms with Crippen molar-refractivity contribution in [2.45, 2.75) is 73.8 Å². The van der Waals surface area contributed by atoms with E-state index in [4.69, 9.17) is 9.26 Å². The zero-order valence-corrected chi connectivity index (χ0v) is 20.0. The van der Waals surface area contributed by atoms with E-state index in [2.05, 4.69) is 22.8 Å². The third kappa shape index (κ3) is 6.68. The molecule has 0 spiro atoms. The van der Waals surface area contributed by atoms with Gasteiger partial charge in [0.15, 0.2) is 0 Å². The molecule has 1 heterocycles. The first-order valence-corrected chi connectivity index (χ1v) is 11.1. The Morgan fingerprint density at radius 3 is 2.48 bits per heavy atom. The minimum absolute atomic E-state index is 0.00696. The molecule has 0 unspecified atom stereocenters. The number of nitrogens with zero attached hydrogens (tertiary/aromatic N) is 3. The predicted octanol–water partition coefficient (Wildman–Crippen LogP) is 7.52. The summed E-state index contributed by atoms with van der Waals surface area (Å²) in [6.45, 7) is 18.0. The van der Waals surface area contributed by atoms with Crippen LogP contribution >= 0.6 is 0 Å². The van der Waals surface area contributed by atoms with Crippen molar-refractivity contribution >= 4 is 5.57 Å². The summed E-state index contributed by atoms with van der Waals surface area (Å²) in [6, 6.07) is 7.47. The van der Waals surface area contributed by atoms with Crippen LogP contribution in [-0.2, 0) is 0 Å². The molecule has 2 aromatic rings. The molecule has 1 fully saturated rings. The van der Waals surface area contributed by atoms with Crippen LogP contribution in [0.5, 0.6) is 5.75 Å². The zero-order chi connectivity index (χ0) is 23.4. The van der Waals surface area contributed by atoms with Crippen LogP contribution in [-0.4, -0.2) is 16.2 Å². The highest BCUT2D eigenvalue weighted by molar-refractivity contribution is 5.77. The van der Waals surface area contributed by atoms with Gasteiger partial charge in [0.2, 0.25) is 5.82 Å². The molecule has 0 amide bonds. The van der Waals surface area contributed by atoms with Gasteiger partial charge in [0.1, 0.15) is 11.8 Å². The maximum atomic E-state index is 9.42. The third-order valence-electron chi connectivity index (χ3n) is 4.37.